The quantitative estimate of drug-likeness (QED) is 0.781. The monoisotopic (exact) mass is 330 g/mol. The summed E-state index contributed by atoms with van der Waals surface area (Å²) >= 11 is 0. The van der Waals surface area contributed by atoms with Crippen LogP contribution in [0.25, 0.3) is 0 Å². The molecular formula is C20H30N2O2. The van der Waals surface area contributed by atoms with Gasteiger partial charge in [0.15, 0.2) is 0 Å². The first-order chi connectivity index (χ1) is 11.7. The number of fused-ring (bicyclic) bond motifs is 5. The highest BCUT2D eigenvalue weighted by molar-refractivity contribution is 5.84. The predicted molar refractivity (Wildman–Crippen MR) is 91.0 cm³/mol. The Morgan fingerprint density at radius 3 is 1.88 bits per heavy atom. The van der Waals surface area contributed by atoms with Gasteiger partial charge in [-0.2, -0.15) is 0 Å². The molecule has 24 heavy (non-hydrogen) atoms. The lowest BCUT2D eigenvalue weighted by Gasteiger charge is -2.36. The van der Waals surface area contributed by atoms with Gasteiger partial charge in [-0.3, -0.25) is 9.59 Å². The topological polar surface area (TPSA) is 40.6 Å². The third-order valence-corrected chi connectivity index (χ3v) is 7.84. The van der Waals surface area contributed by atoms with Gasteiger partial charge in [0.05, 0.1) is 0 Å². The van der Waals surface area contributed by atoms with Crippen LogP contribution in [0.3, 0.4) is 0 Å². The average molecular weight is 330 g/mol. The molecule has 2 amide bonds. The Kier molecular flexibility index (Phi) is 3.64. The van der Waals surface area contributed by atoms with Gasteiger partial charge in [-0.1, -0.05) is 0 Å². The van der Waals surface area contributed by atoms with Gasteiger partial charge < -0.3 is 9.80 Å². The van der Waals surface area contributed by atoms with Gasteiger partial charge in [0.2, 0.25) is 11.8 Å². The van der Waals surface area contributed by atoms with E-state index < -0.39 is 0 Å². The number of amides is 2. The highest BCUT2D eigenvalue weighted by Crippen LogP contribution is 2.69. The summed E-state index contributed by atoms with van der Waals surface area (Å²) in [7, 11) is 0. The number of rotatable bonds is 2. The van der Waals surface area contributed by atoms with Crippen LogP contribution in [0.1, 0.15) is 51.4 Å². The van der Waals surface area contributed by atoms with E-state index in [2.05, 4.69) is 9.80 Å². The highest BCUT2D eigenvalue weighted by Gasteiger charge is 2.68. The molecule has 4 nitrogen and oxygen atoms in total. The second kappa shape index (κ2) is 5.74. The minimum Gasteiger partial charge on any atom is -0.342 e. The van der Waals surface area contributed by atoms with E-state index in [9.17, 15) is 9.59 Å². The van der Waals surface area contributed by atoms with Crippen molar-refractivity contribution in [2.75, 3.05) is 26.2 Å². The van der Waals surface area contributed by atoms with Crippen LogP contribution in [0.4, 0.5) is 0 Å². The minimum atomic E-state index is 0.169. The van der Waals surface area contributed by atoms with Gasteiger partial charge in [0.25, 0.3) is 0 Å². The largest absolute Gasteiger partial charge is 0.342 e. The SMILES string of the molecule is O=C(C1CCN(C(=O)C2[C@H]3[C@H]4CC[C@@H](C4)[C@H]23)CC1)N1CCCCC1. The van der Waals surface area contributed by atoms with E-state index in [1.54, 1.807) is 0 Å². The molecule has 5 rings (SSSR count). The molecule has 0 radical (unpaired) electrons. The molecule has 0 aromatic heterocycles. The summed E-state index contributed by atoms with van der Waals surface area (Å²) < 4.78 is 0. The first-order valence-electron chi connectivity index (χ1n) is 10.3. The van der Waals surface area contributed by atoms with Crippen molar-refractivity contribution in [1.82, 2.24) is 9.80 Å². The molecule has 5 fully saturated rings. The Balaban J connectivity index is 1.15. The standard InChI is InChI=1S/C20H30N2O2/c23-19(21-8-2-1-3-9-21)13-6-10-22(11-7-13)20(24)18-16-14-4-5-15(12-14)17(16)18/h13-18H,1-12H2/t14-,15-,16-,17-/m0/s1. The van der Waals surface area contributed by atoms with E-state index in [0.29, 0.717) is 17.7 Å². The van der Waals surface area contributed by atoms with Crippen molar-refractivity contribution in [1.29, 1.82) is 0 Å². The molecule has 0 aromatic carbocycles. The summed E-state index contributed by atoms with van der Waals surface area (Å²) in [6.45, 7) is 3.53. The molecule has 2 aliphatic heterocycles. The number of hydrogen-bond donors (Lipinski definition) is 0. The molecular weight excluding hydrogens is 300 g/mol. The van der Waals surface area contributed by atoms with Crippen LogP contribution in [-0.4, -0.2) is 47.8 Å². The maximum Gasteiger partial charge on any atom is 0.226 e. The lowest BCUT2D eigenvalue weighted by Crippen LogP contribution is -2.46. The maximum atomic E-state index is 12.9. The fourth-order valence-electron chi connectivity index (χ4n) is 6.59. The normalized spacial score (nSPS) is 41.4. The van der Waals surface area contributed by atoms with Crippen LogP contribution in [0.2, 0.25) is 0 Å². The van der Waals surface area contributed by atoms with Gasteiger partial charge in [-0.15, -0.1) is 0 Å². The van der Waals surface area contributed by atoms with Crippen LogP contribution in [-0.2, 0) is 9.59 Å². The van der Waals surface area contributed by atoms with Crippen LogP contribution < -0.4 is 0 Å². The predicted octanol–water partition coefficient (Wildman–Crippen LogP) is 2.53. The molecule has 0 aromatic rings. The van der Waals surface area contributed by atoms with E-state index in [4.69, 9.17) is 0 Å². The highest BCUT2D eigenvalue weighted by atomic mass is 16.2. The molecule has 3 saturated carbocycles. The Bertz CT molecular complexity index is 518. The number of carbonyl (C=O) groups excluding carboxylic acids is 2. The Hall–Kier alpha value is -1.06. The van der Waals surface area contributed by atoms with Crippen molar-refractivity contribution in [3.8, 4) is 0 Å². The Morgan fingerprint density at radius 2 is 1.25 bits per heavy atom. The molecule has 2 bridgehead atoms. The molecule has 0 spiro atoms. The number of carbonyl (C=O) groups is 2. The smallest absolute Gasteiger partial charge is 0.226 e. The number of piperidine rings is 2. The molecule has 0 unspecified atom stereocenters. The van der Waals surface area contributed by atoms with Crippen molar-refractivity contribution in [2.45, 2.75) is 51.4 Å². The number of likely N-dealkylation sites (tertiary alicyclic amines) is 2. The maximum absolute atomic E-state index is 12.9. The summed E-state index contributed by atoms with van der Waals surface area (Å²) in [6.07, 6.45) is 9.52. The van der Waals surface area contributed by atoms with Crippen LogP contribution in [0.5, 0.6) is 0 Å². The van der Waals surface area contributed by atoms with Crippen LogP contribution >= 0.6 is 0 Å². The molecule has 2 saturated heterocycles. The van der Waals surface area contributed by atoms with Crippen molar-refractivity contribution in [2.24, 2.45) is 35.5 Å². The van der Waals surface area contributed by atoms with E-state index >= 15 is 0 Å². The summed E-state index contributed by atoms with van der Waals surface area (Å²) in [5.41, 5.74) is 0. The van der Waals surface area contributed by atoms with Gasteiger partial charge in [0.1, 0.15) is 0 Å². The Labute approximate surface area is 144 Å². The van der Waals surface area contributed by atoms with Crippen molar-refractivity contribution >= 4 is 11.8 Å². The number of hydrogen-bond acceptors (Lipinski definition) is 2. The molecule has 4 heteroatoms. The van der Waals surface area contributed by atoms with Crippen LogP contribution in [0.15, 0.2) is 0 Å². The number of nitrogens with zero attached hydrogens (tertiary/aromatic N) is 2. The van der Waals surface area contributed by atoms with E-state index in [1.165, 1.54) is 25.7 Å². The van der Waals surface area contributed by atoms with Crippen molar-refractivity contribution in [3.05, 3.63) is 0 Å². The first-order valence-corrected chi connectivity index (χ1v) is 10.3. The van der Waals surface area contributed by atoms with E-state index in [1.807, 2.05) is 0 Å². The van der Waals surface area contributed by atoms with E-state index in [0.717, 1.165) is 75.5 Å². The third-order valence-electron chi connectivity index (χ3n) is 7.84. The zero-order valence-corrected chi connectivity index (χ0v) is 14.7. The van der Waals surface area contributed by atoms with Crippen molar-refractivity contribution < 1.29 is 9.59 Å². The second-order valence-corrected chi connectivity index (χ2v) is 9.00. The Morgan fingerprint density at radius 1 is 0.667 bits per heavy atom. The summed E-state index contributed by atoms with van der Waals surface area (Å²) in [4.78, 5) is 29.7. The van der Waals surface area contributed by atoms with Gasteiger partial charge >= 0.3 is 0 Å². The summed E-state index contributed by atoms with van der Waals surface area (Å²) in [5, 5.41) is 0. The van der Waals surface area contributed by atoms with Gasteiger partial charge in [-0.25, -0.2) is 0 Å². The fraction of sp³-hybridized carbons (Fsp3) is 0.900. The molecule has 4 atom stereocenters. The molecule has 2 heterocycles. The van der Waals surface area contributed by atoms with E-state index in [-0.39, 0.29) is 5.92 Å². The molecule has 0 N–H and O–H groups in total. The molecule has 5 aliphatic rings. The second-order valence-electron chi connectivity index (χ2n) is 9.00. The average Bonchev–Trinajstić information content (AvgIpc) is 3.07. The lowest BCUT2D eigenvalue weighted by molar-refractivity contribution is -0.142. The van der Waals surface area contributed by atoms with Crippen LogP contribution in [0, 0.1) is 35.5 Å². The lowest BCUT2D eigenvalue weighted by atomic mass is 9.93. The van der Waals surface area contributed by atoms with Gasteiger partial charge in [0, 0.05) is 38.0 Å². The summed E-state index contributed by atoms with van der Waals surface area (Å²) in [5.74, 6) is 4.55. The van der Waals surface area contributed by atoms with Crippen molar-refractivity contribution in [3.63, 3.8) is 0 Å². The first kappa shape index (κ1) is 15.2. The summed E-state index contributed by atoms with van der Waals surface area (Å²) in [6, 6.07) is 0. The zero-order valence-electron chi connectivity index (χ0n) is 14.7. The molecule has 132 valence electrons. The molecule has 3 aliphatic carbocycles. The third kappa shape index (κ3) is 2.32. The fourth-order valence-corrected chi connectivity index (χ4v) is 6.59. The zero-order chi connectivity index (χ0) is 16.3. The minimum absolute atomic E-state index is 0.169. The van der Waals surface area contributed by atoms with Gasteiger partial charge in [-0.05, 0) is 75.0 Å².